The van der Waals surface area contributed by atoms with E-state index in [9.17, 15) is 0 Å². The van der Waals surface area contributed by atoms with Gasteiger partial charge in [-0.3, -0.25) is 0 Å². The lowest BCUT2D eigenvalue weighted by Crippen LogP contribution is -2.38. The number of fused-ring (bicyclic) bond motifs is 1. The van der Waals surface area contributed by atoms with E-state index >= 15 is 0 Å². The molecular weight excluding hydrogens is 290 g/mol. The van der Waals surface area contributed by atoms with Crippen molar-refractivity contribution in [3.8, 4) is 0 Å². The molecule has 3 rings (SSSR count). The van der Waals surface area contributed by atoms with Gasteiger partial charge in [-0.05, 0) is 37.7 Å². The number of nitrogens with zero attached hydrogens (tertiary/aromatic N) is 3. The normalized spacial score (nSPS) is 17.4. The molecule has 0 unspecified atom stereocenters. The van der Waals surface area contributed by atoms with E-state index in [0.29, 0.717) is 10.6 Å². The first-order chi connectivity index (χ1) is 9.67. The zero-order valence-electron chi connectivity index (χ0n) is 12.0. The molecule has 1 fully saturated rings. The van der Waals surface area contributed by atoms with E-state index in [1.54, 1.807) is 0 Å². The Morgan fingerprint density at radius 1 is 1.45 bits per heavy atom. The maximum Gasteiger partial charge on any atom is 0.160 e. The van der Waals surface area contributed by atoms with Crippen LogP contribution in [0.2, 0.25) is 0 Å². The maximum atomic E-state index is 5.94. The first kappa shape index (κ1) is 14.2. The van der Waals surface area contributed by atoms with E-state index < -0.39 is 0 Å². The standard InChI is InChI=1S/C15H20ClN3S/c1-11-8-12-14(17-9-11)19(13(18-12)4-7-16)10-15(20-2)5-3-6-15/h8-9H,3-7,10H2,1-2H3. The van der Waals surface area contributed by atoms with Crippen molar-refractivity contribution in [2.24, 2.45) is 0 Å². The van der Waals surface area contributed by atoms with Gasteiger partial charge >= 0.3 is 0 Å². The molecule has 0 radical (unpaired) electrons. The fraction of sp³-hybridized carbons (Fsp3) is 0.600. The van der Waals surface area contributed by atoms with Gasteiger partial charge in [0.25, 0.3) is 0 Å². The molecule has 2 aromatic rings. The summed E-state index contributed by atoms with van der Waals surface area (Å²) >= 11 is 7.93. The summed E-state index contributed by atoms with van der Waals surface area (Å²) in [6, 6.07) is 2.11. The highest BCUT2D eigenvalue weighted by Gasteiger charge is 2.37. The van der Waals surface area contributed by atoms with Crippen molar-refractivity contribution in [2.45, 2.75) is 43.9 Å². The first-order valence-electron chi connectivity index (χ1n) is 7.10. The molecule has 0 aromatic carbocycles. The Balaban J connectivity index is 2.04. The molecule has 108 valence electrons. The van der Waals surface area contributed by atoms with Gasteiger partial charge in [-0.25, -0.2) is 9.97 Å². The highest BCUT2D eigenvalue weighted by atomic mass is 35.5. The monoisotopic (exact) mass is 309 g/mol. The van der Waals surface area contributed by atoms with Crippen LogP contribution in [-0.2, 0) is 13.0 Å². The third-order valence-corrected chi connectivity index (χ3v) is 5.86. The molecule has 2 heterocycles. The number of rotatable bonds is 5. The average molecular weight is 310 g/mol. The number of hydrogen-bond donors (Lipinski definition) is 0. The van der Waals surface area contributed by atoms with Crippen LogP contribution in [-0.4, -0.2) is 31.4 Å². The van der Waals surface area contributed by atoms with Gasteiger partial charge in [-0.1, -0.05) is 6.42 Å². The van der Waals surface area contributed by atoms with Crippen LogP contribution in [0.15, 0.2) is 12.3 Å². The Labute approximate surface area is 129 Å². The van der Waals surface area contributed by atoms with Gasteiger partial charge in [-0.15, -0.1) is 11.6 Å². The van der Waals surface area contributed by atoms with Gasteiger partial charge in [0.2, 0.25) is 0 Å². The van der Waals surface area contributed by atoms with Crippen LogP contribution in [0, 0.1) is 6.92 Å². The lowest BCUT2D eigenvalue weighted by atomic mass is 9.84. The molecule has 0 spiro atoms. The van der Waals surface area contributed by atoms with Gasteiger partial charge < -0.3 is 4.57 Å². The summed E-state index contributed by atoms with van der Waals surface area (Å²) in [4.78, 5) is 9.36. The molecule has 0 aliphatic heterocycles. The fourth-order valence-corrected chi connectivity index (χ4v) is 4.01. The summed E-state index contributed by atoms with van der Waals surface area (Å²) in [5.41, 5.74) is 3.17. The van der Waals surface area contributed by atoms with Gasteiger partial charge in [0, 0.05) is 29.8 Å². The summed E-state index contributed by atoms with van der Waals surface area (Å²) in [5, 5.41) is 0. The quantitative estimate of drug-likeness (QED) is 0.787. The molecule has 1 aliphatic carbocycles. The number of thioether (sulfide) groups is 1. The number of imidazole rings is 1. The predicted octanol–water partition coefficient (Wildman–Crippen LogP) is 3.81. The minimum Gasteiger partial charge on any atom is -0.311 e. The molecule has 3 nitrogen and oxygen atoms in total. The Morgan fingerprint density at radius 2 is 2.25 bits per heavy atom. The topological polar surface area (TPSA) is 30.7 Å². The number of aromatic nitrogens is 3. The average Bonchev–Trinajstić information content (AvgIpc) is 2.71. The second-order valence-corrected chi connectivity index (χ2v) is 7.30. The largest absolute Gasteiger partial charge is 0.311 e. The lowest BCUT2D eigenvalue weighted by Gasteiger charge is -2.41. The Bertz CT molecular complexity index is 613. The number of halogens is 1. The third kappa shape index (κ3) is 2.44. The minimum absolute atomic E-state index is 0.376. The molecule has 1 aliphatic rings. The van der Waals surface area contributed by atoms with Crippen LogP contribution in [0.3, 0.4) is 0 Å². The van der Waals surface area contributed by atoms with Gasteiger partial charge in [-0.2, -0.15) is 11.8 Å². The smallest absolute Gasteiger partial charge is 0.160 e. The van der Waals surface area contributed by atoms with E-state index in [4.69, 9.17) is 16.6 Å². The Kier molecular flexibility index (Phi) is 3.95. The van der Waals surface area contributed by atoms with Gasteiger partial charge in [0.1, 0.15) is 11.3 Å². The zero-order chi connectivity index (χ0) is 14.2. The molecule has 0 saturated heterocycles. The fourth-order valence-electron chi connectivity index (χ4n) is 2.89. The van der Waals surface area contributed by atoms with Crippen molar-refractivity contribution in [3.63, 3.8) is 0 Å². The van der Waals surface area contributed by atoms with Crippen LogP contribution < -0.4 is 0 Å². The lowest BCUT2D eigenvalue weighted by molar-refractivity contribution is 0.321. The summed E-state index contributed by atoms with van der Waals surface area (Å²) in [6.45, 7) is 3.06. The van der Waals surface area contributed by atoms with Crippen molar-refractivity contribution in [3.05, 3.63) is 23.7 Å². The van der Waals surface area contributed by atoms with Crippen LogP contribution >= 0.6 is 23.4 Å². The van der Waals surface area contributed by atoms with Crippen molar-refractivity contribution in [1.82, 2.24) is 14.5 Å². The Hall–Kier alpha value is -0.740. The second-order valence-electron chi connectivity index (χ2n) is 5.65. The number of hydrogen-bond acceptors (Lipinski definition) is 3. The minimum atomic E-state index is 0.376. The van der Waals surface area contributed by atoms with Crippen LogP contribution in [0.25, 0.3) is 11.2 Å². The summed E-state index contributed by atoms with van der Waals surface area (Å²) in [5.74, 6) is 1.68. The molecule has 0 atom stereocenters. The van der Waals surface area contributed by atoms with Crippen molar-refractivity contribution >= 4 is 34.5 Å². The molecule has 1 saturated carbocycles. The molecule has 0 amide bonds. The van der Waals surface area contributed by atoms with Crippen molar-refractivity contribution < 1.29 is 0 Å². The zero-order valence-corrected chi connectivity index (χ0v) is 13.6. The molecule has 0 bridgehead atoms. The van der Waals surface area contributed by atoms with Crippen molar-refractivity contribution in [2.75, 3.05) is 12.1 Å². The third-order valence-electron chi connectivity index (χ3n) is 4.26. The van der Waals surface area contributed by atoms with Crippen LogP contribution in [0.4, 0.5) is 0 Å². The number of alkyl halides is 1. The summed E-state index contributed by atoms with van der Waals surface area (Å²) < 4.78 is 2.67. The second kappa shape index (κ2) is 5.57. The van der Waals surface area contributed by atoms with E-state index in [2.05, 4.69) is 28.8 Å². The molecular formula is C15H20ClN3S. The van der Waals surface area contributed by atoms with Gasteiger partial charge in [0.05, 0.1) is 0 Å². The molecule has 0 N–H and O–H groups in total. The molecule has 5 heteroatoms. The molecule has 20 heavy (non-hydrogen) atoms. The first-order valence-corrected chi connectivity index (χ1v) is 8.86. The maximum absolute atomic E-state index is 5.94. The van der Waals surface area contributed by atoms with Crippen molar-refractivity contribution in [1.29, 1.82) is 0 Å². The SMILES string of the molecule is CSC1(Cn2c(CCCl)nc3cc(C)cnc32)CCC1. The number of pyridine rings is 1. The van der Waals surface area contributed by atoms with Crippen LogP contribution in [0.5, 0.6) is 0 Å². The summed E-state index contributed by atoms with van der Waals surface area (Å²) in [7, 11) is 0. The number of aryl methyl sites for hydroxylation is 2. The molecule has 2 aromatic heterocycles. The highest BCUT2D eigenvalue weighted by Crippen LogP contribution is 2.44. The predicted molar refractivity (Wildman–Crippen MR) is 86.8 cm³/mol. The van der Waals surface area contributed by atoms with Gasteiger partial charge in [0.15, 0.2) is 5.65 Å². The highest BCUT2D eigenvalue weighted by molar-refractivity contribution is 8.00. The van der Waals surface area contributed by atoms with E-state index in [1.807, 2.05) is 18.0 Å². The van der Waals surface area contributed by atoms with E-state index in [-0.39, 0.29) is 0 Å². The Morgan fingerprint density at radius 3 is 2.85 bits per heavy atom. The van der Waals surface area contributed by atoms with E-state index in [1.165, 1.54) is 19.3 Å². The van der Waals surface area contributed by atoms with Crippen LogP contribution in [0.1, 0.15) is 30.7 Å². The van der Waals surface area contributed by atoms with E-state index in [0.717, 1.165) is 35.5 Å². The summed E-state index contributed by atoms with van der Waals surface area (Å²) in [6.07, 6.45) is 8.88.